The number of carbonyl (C=O) groups is 2. The zero-order valence-electron chi connectivity index (χ0n) is 28.6. The van der Waals surface area contributed by atoms with Gasteiger partial charge in [0.15, 0.2) is 4.80 Å². The summed E-state index contributed by atoms with van der Waals surface area (Å²) in [6.45, 7) is 8.42. The lowest BCUT2D eigenvalue weighted by Gasteiger charge is -2.24. The molecule has 6 rings (SSSR count). The first-order valence-electron chi connectivity index (χ1n) is 16.5. The zero-order chi connectivity index (χ0) is 35.4. The molecule has 0 bridgehead atoms. The molecule has 0 radical (unpaired) electrons. The van der Waals surface area contributed by atoms with Gasteiger partial charge in [-0.15, -0.1) is 0 Å². The predicted octanol–water partition coefficient (Wildman–Crippen LogP) is 5.92. The number of esters is 2. The van der Waals surface area contributed by atoms with Crippen LogP contribution in [0.5, 0.6) is 5.75 Å². The number of aromatic nitrogens is 3. The number of benzene rings is 3. The van der Waals surface area contributed by atoms with Gasteiger partial charge in [0.2, 0.25) is 0 Å². The average molecular weight is 691 g/mol. The first-order chi connectivity index (χ1) is 24.2. The van der Waals surface area contributed by atoms with Gasteiger partial charge in [-0.2, -0.15) is 5.10 Å². The first-order valence-corrected chi connectivity index (χ1v) is 17.3. The molecule has 2 aromatic heterocycles. The number of allylic oxidation sites excluding steroid dienone is 1. The van der Waals surface area contributed by atoms with Gasteiger partial charge in [-0.3, -0.25) is 9.36 Å². The Kier molecular flexibility index (Phi) is 10.2. The van der Waals surface area contributed by atoms with Gasteiger partial charge < -0.3 is 14.2 Å². The second-order valence-corrected chi connectivity index (χ2v) is 12.8. The summed E-state index contributed by atoms with van der Waals surface area (Å²) in [6.07, 6.45) is 5.76. The van der Waals surface area contributed by atoms with E-state index in [1.54, 1.807) is 42.8 Å². The fourth-order valence-electron chi connectivity index (χ4n) is 5.88. The van der Waals surface area contributed by atoms with Gasteiger partial charge in [-0.1, -0.05) is 55.0 Å². The van der Waals surface area contributed by atoms with Gasteiger partial charge >= 0.3 is 11.9 Å². The molecule has 3 aromatic carbocycles. The minimum Gasteiger partial charge on any atom is -0.493 e. The van der Waals surface area contributed by atoms with Crippen LogP contribution in [-0.2, 0) is 14.3 Å². The SMILES string of the molecule is CCCCOc1ccc(-c2nn(-c3ccccc3)cc2C=c2sc3n(c2=O)C(c2ccc(C(=O)OC)cc2)C(C(=O)OCC)=C(C)N=3)cc1C. The molecule has 0 spiro atoms. The molecule has 10 nitrogen and oxygen atoms in total. The van der Waals surface area contributed by atoms with Gasteiger partial charge in [0.25, 0.3) is 5.56 Å². The topological polar surface area (TPSA) is 114 Å². The lowest BCUT2D eigenvalue weighted by Crippen LogP contribution is -2.40. The van der Waals surface area contributed by atoms with Crippen molar-refractivity contribution in [3.8, 4) is 22.7 Å². The number of nitrogens with zero attached hydrogens (tertiary/aromatic N) is 4. The van der Waals surface area contributed by atoms with Crippen LogP contribution in [0.25, 0.3) is 23.0 Å². The van der Waals surface area contributed by atoms with Crippen LogP contribution < -0.4 is 19.6 Å². The summed E-state index contributed by atoms with van der Waals surface area (Å²) in [6, 6.07) is 21.6. The van der Waals surface area contributed by atoms with Crippen molar-refractivity contribution >= 4 is 29.4 Å². The van der Waals surface area contributed by atoms with E-state index in [0.717, 1.165) is 41.0 Å². The molecular weight excluding hydrogens is 653 g/mol. The zero-order valence-corrected chi connectivity index (χ0v) is 29.5. The molecule has 1 aliphatic rings. The maximum atomic E-state index is 14.4. The maximum Gasteiger partial charge on any atom is 0.338 e. The van der Waals surface area contributed by atoms with E-state index in [1.165, 1.54) is 23.0 Å². The molecule has 0 saturated heterocycles. The Morgan fingerprint density at radius 1 is 0.980 bits per heavy atom. The minimum atomic E-state index is -0.825. The smallest absolute Gasteiger partial charge is 0.338 e. The summed E-state index contributed by atoms with van der Waals surface area (Å²) >= 11 is 1.23. The average Bonchev–Trinajstić information content (AvgIpc) is 3.68. The predicted molar refractivity (Wildman–Crippen MR) is 192 cm³/mol. The van der Waals surface area contributed by atoms with Crippen LogP contribution in [0.2, 0.25) is 0 Å². The Balaban J connectivity index is 1.51. The highest BCUT2D eigenvalue weighted by Crippen LogP contribution is 2.32. The Labute approximate surface area is 293 Å². The molecule has 0 fully saturated rings. The lowest BCUT2D eigenvalue weighted by atomic mass is 9.95. The van der Waals surface area contributed by atoms with E-state index >= 15 is 0 Å². The normalized spacial score (nSPS) is 14.3. The van der Waals surface area contributed by atoms with Crippen molar-refractivity contribution in [1.29, 1.82) is 0 Å². The van der Waals surface area contributed by atoms with Gasteiger partial charge in [0.1, 0.15) is 11.4 Å². The van der Waals surface area contributed by atoms with Crippen LogP contribution in [0, 0.1) is 6.92 Å². The number of hydrogen-bond donors (Lipinski definition) is 0. The van der Waals surface area contributed by atoms with Crippen molar-refractivity contribution < 1.29 is 23.8 Å². The number of aryl methyl sites for hydroxylation is 1. The summed E-state index contributed by atoms with van der Waals surface area (Å²) in [4.78, 5) is 45.0. The van der Waals surface area contributed by atoms with Crippen LogP contribution in [0.15, 0.2) is 100 Å². The Morgan fingerprint density at radius 3 is 2.42 bits per heavy atom. The molecule has 11 heteroatoms. The van der Waals surface area contributed by atoms with E-state index in [2.05, 4.69) is 6.92 Å². The minimum absolute atomic E-state index is 0.160. The maximum absolute atomic E-state index is 14.4. The highest BCUT2D eigenvalue weighted by Gasteiger charge is 2.33. The fraction of sp³-hybridized carbons (Fsp3) is 0.256. The number of methoxy groups -OCH3 is 1. The van der Waals surface area contributed by atoms with Crippen LogP contribution in [-0.4, -0.2) is 46.6 Å². The molecular formula is C39H38N4O6S. The number of fused-ring (bicyclic) bond motifs is 1. The molecule has 5 aromatic rings. The van der Waals surface area contributed by atoms with Crippen LogP contribution in [0.1, 0.15) is 66.7 Å². The van der Waals surface area contributed by atoms with E-state index < -0.39 is 18.0 Å². The molecule has 1 atom stereocenters. The second-order valence-electron chi connectivity index (χ2n) is 11.8. The Morgan fingerprint density at radius 2 is 1.74 bits per heavy atom. The molecule has 0 amide bonds. The number of rotatable bonds is 11. The lowest BCUT2D eigenvalue weighted by molar-refractivity contribution is -0.139. The van der Waals surface area contributed by atoms with Crippen molar-refractivity contribution in [3.05, 3.63) is 132 Å². The summed E-state index contributed by atoms with van der Waals surface area (Å²) in [7, 11) is 1.31. The second kappa shape index (κ2) is 14.9. The monoisotopic (exact) mass is 690 g/mol. The quantitative estimate of drug-likeness (QED) is 0.125. The van der Waals surface area contributed by atoms with Crippen LogP contribution >= 0.6 is 11.3 Å². The van der Waals surface area contributed by atoms with Crippen molar-refractivity contribution in [2.24, 2.45) is 4.99 Å². The fourth-order valence-corrected chi connectivity index (χ4v) is 6.92. The third-order valence-corrected chi connectivity index (χ3v) is 9.40. The van der Waals surface area contributed by atoms with Crippen LogP contribution in [0.3, 0.4) is 0 Å². The Bertz CT molecular complexity index is 2270. The van der Waals surface area contributed by atoms with Gasteiger partial charge in [0, 0.05) is 17.3 Å². The number of unbranched alkanes of at least 4 members (excludes halogenated alkanes) is 1. The molecule has 256 valence electrons. The number of hydrogen-bond acceptors (Lipinski definition) is 9. The first kappa shape index (κ1) is 34.3. The summed E-state index contributed by atoms with van der Waals surface area (Å²) in [5.74, 6) is -0.223. The van der Waals surface area contributed by atoms with E-state index in [0.29, 0.717) is 38.5 Å². The third kappa shape index (κ3) is 6.81. The van der Waals surface area contributed by atoms with Crippen molar-refractivity contribution in [2.45, 2.75) is 46.6 Å². The van der Waals surface area contributed by atoms with Crippen LogP contribution in [0.4, 0.5) is 0 Å². The Hall–Kier alpha value is -5.55. The van der Waals surface area contributed by atoms with Gasteiger partial charge in [-0.25, -0.2) is 19.3 Å². The van der Waals surface area contributed by atoms with E-state index in [9.17, 15) is 14.4 Å². The van der Waals surface area contributed by atoms with E-state index in [-0.39, 0.29) is 17.7 Å². The van der Waals surface area contributed by atoms with Crippen molar-refractivity contribution in [2.75, 3.05) is 20.3 Å². The molecule has 50 heavy (non-hydrogen) atoms. The summed E-state index contributed by atoms with van der Waals surface area (Å²) in [5.41, 5.74) is 5.52. The summed E-state index contributed by atoms with van der Waals surface area (Å²) < 4.78 is 20.0. The standard InChI is InChI=1S/C39H38N4O6S/c1-6-8-20-49-31-19-18-28(21-24(31)3)34-29(23-42(41-34)30-12-10-9-11-13-30)22-32-36(44)43-35(26-14-16-27(17-15-26)37(45)47-5)33(38(46)48-7-2)25(4)40-39(43)50-32/h9-19,21-23,35H,6-8,20H2,1-5H3. The molecule has 0 saturated carbocycles. The van der Waals surface area contributed by atoms with E-state index in [4.69, 9.17) is 24.3 Å². The van der Waals surface area contributed by atoms with Crippen molar-refractivity contribution in [3.63, 3.8) is 0 Å². The molecule has 0 N–H and O–H groups in total. The van der Waals surface area contributed by atoms with Gasteiger partial charge in [-0.05, 0) is 86.9 Å². The number of thiazole rings is 1. The number of ether oxygens (including phenoxy) is 3. The van der Waals surface area contributed by atoms with E-state index in [1.807, 2.05) is 67.7 Å². The number of para-hydroxylation sites is 1. The highest BCUT2D eigenvalue weighted by atomic mass is 32.1. The van der Waals surface area contributed by atoms with Gasteiger partial charge in [0.05, 0.1) is 53.4 Å². The van der Waals surface area contributed by atoms with Crippen molar-refractivity contribution in [1.82, 2.24) is 14.3 Å². The molecule has 0 aliphatic carbocycles. The molecule has 1 unspecified atom stereocenters. The highest BCUT2D eigenvalue weighted by molar-refractivity contribution is 7.07. The largest absolute Gasteiger partial charge is 0.493 e. The summed E-state index contributed by atoms with van der Waals surface area (Å²) in [5, 5.41) is 4.97. The molecule has 3 heterocycles. The molecule has 1 aliphatic heterocycles. The number of carbonyl (C=O) groups excluding carboxylic acids is 2. The third-order valence-electron chi connectivity index (χ3n) is 8.42.